The molecule has 5 N–H and O–H groups in total. The van der Waals surface area contributed by atoms with Crippen LogP contribution in [-0.4, -0.2) is 86.7 Å². The molecule has 4 aliphatic carbocycles. The number of esters is 2. The number of Topliss-reactive ketones (excluding diaryl/α,β-unsaturated/α-hetero) is 1. The van der Waals surface area contributed by atoms with Crippen molar-refractivity contribution >= 4 is 56.7 Å². The molecule has 376 valence electrons. The van der Waals surface area contributed by atoms with Crippen LogP contribution >= 0.6 is 22.9 Å². The Morgan fingerprint density at radius 3 is 2.37 bits per heavy atom. The van der Waals surface area contributed by atoms with Crippen LogP contribution in [0.4, 0.5) is 0 Å². The van der Waals surface area contributed by atoms with E-state index in [1.54, 1.807) is 26.0 Å². The molecule has 1 aromatic heterocycles. The number of alkyl halides is 1. The van der Waals surface area contributed by atoms with Gasteiger partial charge >= 0.3 is 16.8 Å². The van der Waals surface area contributed by atoms with Crippen molar-refractivity contribution in [3.63, 3.8) is 0 Å². The number of hydrogen-bond donors (Lipinski definition) is 5. The zero-order chi connectivity index (χ0) is 50.4. The number of carbonyl (C=O) groups is 4. The van der Waals surface area contributed by atoms with E-state index < -0.39 is 57.8 Å². The molecular weight excluding hydrogens is 932 g/mol. The largest absolute Gasteiger partial charge is 0.506 e. The second-order valence-corrected chi connectivity index (χ2v) is 21.3. The molecule has 8 rings (SSSR count). The number of thiazole rings is 1. The molecule has 0 bridgehead atoms. The third-order valence-electron chi connectivity index (χ3n) is 15.6. The molecule has 0 amide bonds. The zero-order valence-electron chi connectivity index (χ0n) is 40.8. The maximum absolute atomic E-state index is 13.9. The van der Waals surface area contributed by atoms with E-state index in [0.29, 0.717) is 54.7 Å². The van der Waals surface area contributed by atoms with Gasteiger partial charge in [-0.15, -0.1) is 11.6 Å². The van der Waals surface area contributed by atoms with E-state index in [9.17, 15) is 39.3 Å². The number of aromatic amines is 1. The molecule has 3 fully saturated rings. The van der Waals surface area contributed by atoms with Gasteiger partial charge in [-0.05, 0) is 111 Å². The summed E-state index contributed by atoms with van der Waals surface area (Å²) in [7, 11) is 0. The molecule has 4 aliphatic rings. The van der Waals surface area contributed by atoms with Crippen molar-refractivity contribution in [3.8, 4) is 11.5 Å². The lowest BCUT2D eigenvalue weighted by Crippen LogP contribution is -2.69. The number of benzene rings is 3. The Kier molecular flexibility index (Phi) is 16.6. The molecule has 0 radical (unpaired) electrons. The number of nitrogens with one attached hydrogen (secondary N) is 2. The predicted octanol–water partition coefficient (Wildman–Crippen LogP) is 8.65. The van der Waals surface area contributed by atoms with Gasteiger partial charge in [-0.2, -0.15) is 0 Å². The minimum absolute atomic E-state index is 0.0110. The number of aliphatic hydroxyl groups excluding tert-OH is 2. The van der Waals surface area contributed by atoms with Crippen molar-refractivity contribution in [2.45, 2.75) is 122 Å². The highest BCUT2D eigenvalue weighted by molar-refractivity contribution is 7.16. The van der Waals surface area contributed by atoms with Crippen LogP contribution < -0.4 is 14.9 Å². The topological polar surface area (TPSA) is 202 Å². The summed E-state index contributed by atoms with van der Waals surface area (Å²) in [6, 6.07) is 21.8. The summed E-state index contributed by atoms with van der Waals surface area (Å²) in [4.78, 5) is 63.5. The molecule has 13 nitrogen and oxygen atoms in total. The number of allylic oxidation sites excluding steroid dienone is 4. The van der Waals surface area contributed by atoms with Crippen molar-refractivity contribution in [2.24, 2.45) is 28.6 Å². The molecule has 15 heteroatoms. The number of H-pyrrole nitrogens is 1. The molecule has 3 aromatic carbocycles. The molecule has 0 aliphatic heterocycles. The first-order valence-corrected chi connectivity index (χ1v) is 25.8. The summed E-state index contributed by atoms with van der Waals surface area (Å²) in [6.07, 6.45) is 9.45. The van der Waals surface area contributed by atoms with E-state index in [0.717, 1.165) is 48.3 Å². The predicted molar refractivity (Wildman–Crippen MR) is 270 cm³/mol. The van der Waals surface area contributed by atoms with Crippen molar-refractivity contribution in [2.75, 3.05) is 26.3 Å². The quantitative estimate of drug-likeness (QED) is 0.0362. The van der Waals surface area contributed by atoms with E-state index in [2.05, 4.69) is 46.7 Å². The summed E-state index contributed by atoms with van der Waals surface area (Å²) < 4.78 is 17.7. The van der Waals surface area contributed by atoms with Crippen LogP contribution in [0.1, 0.15) is 109 Å². The summed E-state index contributed by atoms with van der Waals surface area (Å²) in [5.41, 5.74) is 1.30. The fraction of sp³-hybridized carbons (Fsp3) is 0.509. The van der Waals surface area contributed by atoms with E-state index in [1.165, 1.54) is 23.3 Å². The maximum atomic E-state index is 13.9. The Bertz CT molecular complexity index is 2650. The van der Waals surface area contributed by atoms with Crippen molar-refractivity contribution in [1.82, 2.24) is 10.3 Å². The number of ketones is 2. The maximum Gasteiger partial charge on any atom is 0.306 e. The Morgan fingerprint density at radius 2 is 1.66 bits per heavy atom. The highest BCUT2D eigenvalue weighted by Gasteiger charge is 2.76. The number of phenolic OH excluding ortho intramolecular Hbond substituents is 1. The normalized spacial score (nSPS) is 28.1. The number of aryl methyl sites for hydroxylation is 1. The standard InChI is InChI=1S/C28H37ClO7.C27H30N2O4S/c1-6-23(33)35-15-22(32)28(36-24(34)7-2)16(3)12-20-19-9-8-17-13-18(30)10-11-25(17,4)27(19,29)21(31)14-26(20,28)5;30-23-14-13-22(26-25(23)29-27(32)34-26)24(31)18-28-16-15-20-9-11-21(12-10-20)33-17-5-4-8-19-6-2-1-3-7-19/h10-11,13,16,19-21,31H,6-9,12,14-15H2,1-5H3;1-3,6-7,9-14,24,28,30-31H,4-5,8,15-18H2,(H,29,32)/t16-,19-,20-,21-,25-,26-,27-,28-;/m0./s1. The summed E-state index contributed by atoms with van der Waals surface area (Å²) >= 11 is 8.47. The molecule has 9 atom stereocenters. The lowest BCUT2D eigenvalue weighted by atomic mass is 9.45. The van der Waals surface area contributed by atoms with E-state index in [-0.39, 0.29) is 53.4 Å². The Hall–Kier alpha value is -5.12. The molecule has 1 heterocycles. The number of rotatable bonds is 18. The average Bonchev–Trinajstić information content (AvgIpc) is 3.85. The van der Waals surface area contributed by atoms with Gasteiger partial charge in [0.2, 0.25) is 5.78 Å². The summed E-state index contributed by atoms with van der Waals surface area (Å²) in [5.74, 6) is -1.34. The Labute approximate surface area is 418 Å². The molecule has 3 saturated carbocycles. The molecule has 0 saturated heterocycles. The van der Waals surface area contributed by atoms with Crippen LogP contribution in [0, 0.1) is 28.6 Å². The summed E-state index contributed by atoms with van der Waals surface area (Å²) in [5, 5.41) is 35.5. The Balaban J connectivity index is 0.000000207. The van der Waals surface area contributed by atoms with Gasteiger partial charge in [0.15, 0.2) is 18.0 Å². The fourth-order valence-corrected chi connectivity index (χ4v) is 13.3. The number of halogens is 1. The first-order valence-electron chi connectivity index (χ1n) is 24.6. The van der Waals surface area contributed by atoms with E-state index in [4.69, 9.17) is 25.8 Å². The SMILES string of the molecule is CCC(=O)OCC(=O)[C@@]1(OC(=O)CC)[C@@H](C)C[C@H]2[C@@H]3CCC4=CC(=O)C=C[C@]4(C)[C@@]3(Cl)[C@@H](O)C[C@@]21C.O=c1[nH]c2c(O)ccc(C(O)CNCCc3ccc(OCCCCc4ccccc4)cc3)c2s1. The number of aliphatic hydroxyl groups is 2. The second-order valence-electron chi connectivity index (χ2n) is 19.7. The first kappa shape index (κ1) is 52.7. The third-order valence-corrected chi connectivity index (χ3v) is 17.4. The lowest BCUT2D eigenvalue weighted by Gasteiger charge is -2.64. The molecule has 1 unspecified atom stereocenters. The summed E-state index contributed by atoms with van der Waals surface area (Å²) in [6.45, 7) is 10.4. The minimum atomic E-state index is -1.55. The van der Waals surface area contributed by atoms with Crippen LogP contribution in [-0.2, 0) is 41.5 Å². The zero-order valence-corrected chi connectivity index (χ0v) is 42.3. The molecule has 4 aromatic rings. The number of phenols is 1. The minimum Gasteiger partial charge on any atom is -0.506 e. The van der Waals surface area contributed by atoms with Gasteiger partial charge in [0.1, 0.15) is 17.0 Å². The lowest BCUT2D eigenvalue weighted by molar-refractivity contribution is -0.203. The number of hydrogen-bond acceptors (Lipinski definition) is 13. The van der Waals surface area contributed by atoms with E-state index in [1.807, 2.05) is 45.0 Å². The average molecular weight is 1000 g/mol. The number of fused-ring (bicyclic) bond motifs is 6. The molecule has 70 heavy (non-hydrogen) atoms. The fourth-order valence-electron chi connectivity index (χ4n) is 11.9. The van der Waals surface area contributed by atoms with Crippen LogP contribution in [0.3, 0.4) is 0 Å². The number of aromatic hydroxyl groups is 1. The number of carbonyl (C=O) groups excluding carboxylic acids is 4. The number of unbranched alkanes of at least 4 members (excludes halogenated alkanes) is 1. The number of aromatic nitrogens is 1. The van der Waals surface area contributed by atoms with Gasteiger partial charge in [-0.1, -0.05) is 106 Å². The van der Waals surface area contributed by atoms with Crippen molar-refractivity contribution < 1.29 is 48.7 Å². The molecular formula is C55H67ClN2O11S. The van der Waals surface area contributed by atoms with Crippen molar-refractivity contribution in [1.29, 1.82) is 0 Å². The highest BCUT2D eigenvalue weighted by Crippen LogP contribution is 2.72. The molecule has 0 spiro atoms. The first-order chi connectivity index (χ1) is 33.4. The van der Waals surface area contributed by atoms with Crippen LogP contribution in [0.15, 0.2) is 95.3 Å². The van der Waals surface area contributed by atoms with Gasteiger partial charge < -0.3 is 39.8 Å². The van der Waals surface area contributed by atoms with Gasteiger partial charge in [0.05, 0.1) is 28.4 Å². The van der Waals surface area contributed by atoms with Gasteiger partial charge in [0, 0.05) is 41.7 Å². The smallest absolute Gasteiger partial charge is 0.306 e. The van der Waals surface area contributed by atoms with Crippen molar-refractivity contribution in [3.05, 3.63) is 117 Å². The monoisotopic (exact) mass is 998 g/mol. The van der Waals surface area contributed by atoms with Crippen LogP contribution in [0.2, 0.25) is 0 Å². The highest BCUT2D eigenvalue weighted by atomic mass is 35.5. The second kappa shape index (κ2) is 22.1. The van der Waals surface area contributed by atoms with Gasteiger partial charge in [-0.25, -0.2) is 0 Å². The van der Waals surface area contributed by atoms with Crippen LogP contribution in [0.5, 0.6) is 11.5 Å². The number of ether oxygens (including phenoxy) is 3. The third kappa shape index (κ3) is 10.3. The van der Waals surface area contributed by atoms with Crippen LogP contribution in [0.25, 0.3) is 10.2 Å². The van der Waals surface area contributed by atoms with Gasteiger partial charge in [-0.3, -0.25) is 24.0 Å². The Morgan fingerprint density at radius 1 is 0.943 bits per heavy atom. The van der Waals surface area contributed by atoms with Gasteiger partial charge in [0.25, 0.3) is 0 Å². The van der Waals surface area contributed by atoms with E-state index >= 15 is 0 Å².